The lowest BCUT2D eigenvalue weighted by Crippen LogP contribution is -2.46. The minimum atomic E-state index is -3.09. The van der Waals surface area contributed by atoms with Crippen LogP contribution >= 0.6 is 0 Å². The summed E-state index contributed by atoms with van der Waals surface area (Å²) in [4.78, 5) is 25.2. The van der Waals surface area contributed by atoms with Gasteiger partial charge in [-0.3, -0.25) is 9.59 Å². The number of hydrogen-bond donors (Lipinski definition) is 1. The predicted molar refractivity (Wildman–Crippen MR) is 77.0 cm³/mol. The lowest BCUT2D eigenvalue weighted by atomic mass is 10.1. The first-order valence-corrected chi connectivity index (χ1v) is 9.55. The van der Waals surface area contributed by atoms with Crippen molar-refractivity contribution in [3.05, 3.63) is 0 Å². The average Bonchev–Trinajstić information content (AvgIpc) is 2.95. The fourth-order valence-electron chi connectivity index (χ4n) is 3.40. The van der Waals surface area contributed by atoms with Gasteiger partial charge in [0.15, 0.2) is 9.84 Å². The van der Waals surface area contributed by atoms with Crippen LogP contribution in [-0.4, -0.2) is 67.1 Å². The van der Waals surface area contributed by atoms with Crippen molar-refractivity contribution in [2.75, 3.05) is 24.7 Å². The Hall–Kier alpha value is -1.15. The van der Waals surface area contributed by atoms with Crippen LogP contribution in [0.25, 0.3) is 0 Å². The van der Waals surface area contributed by atoms with Crippen LogP contribution in [0.4, 0.5) is 0 Å². The monoisotopic (exact) mass is 331 g/mol. The normalized spacial score (nSPS) is 36.2. The molecule has 0 aromatic heterocycles. The Bertz CT molecular complexity index is 568. The predicted octanol–water partition coefficient (Wildman–Crippen LogP) is -0.0982. The number of hydrogen-bond acceptors (Lipinski definition) is 5. The number of amides is 1. The number of rotatable bonds is 5. The lowest BCUT2D eigenvalue weighted by Gasteiger charge is -2.30. The van der Waals surface area contributed by atoms with E-state index in [0.717, 1.165) is 12.8 Å². The number of ether oxygens (including phenoxy) is 1. The zero-order chi connectivity index (χ0) is 15.9. The van der Waals surface area contributed by atoms with E-state index < -0.39 is 27.6 Å². The van der Waals surface area contributed by atoms with Gasteiger partial charge in [0.1, 0.15) is 0 Å². The van der Waals surface area contributed by atoms with Crippen molar-refractivity contribution in [3.8, 4) is 0 Å². The Labute approximate surface area is 129 Å². The van der Waals surface area contributed by atoms with Gasteiger partial charge in [0.2, 0.25) is 5.91 Å². The SMILES string of the molecule is O=C(O)[C@@H]1C[C@@H]1C(=O)N(C[C@H]1CCCO1)[C@H]1CCS(=O)(=O)C1. The van der Waals surface area contributed by atoms with Crippen molar-refractivity contribution >= 4 is 21.7 Å². The topological polar surface area (TPSA) is 101 Å². The molecule has 2 aliphatic heterocycles. The van der Waals surface area contributed by atoms with E-state index in [1.165, 1.54) is 0 Å². The number of carbonyl (C=O) groups excluding carboxylic acids is 1. The van der Waals surface area contributed by atoms with Gasteiger partial charge in [0, 0.05) is 19.2 Å². The van der Waals surface area contributed by atoms with Gasteiger partial charge in [-0.25, -0.2) is 8.42 Å². The van der Waals surface area contributed by atoms with E-state index in [-0.39, 0.29) is 29.6 Å². The van der Waals surface area contributed by atoms with Crippen molar-refractivity contribution in [2.24, 2.45) is 11.8 Å². The highest BCUT2D eigenvalue weighted by Gasteiger charge is 2.51. The molecular weight excluding hydrogens is 310 g/mol. The fraction of sp³-hybridized carbons (Fsp3) is 0.857. The second-order valence-corrected chi connectivity index (χ2v) is 8.70. The maximum atomic E-state index is 12.6. The first-order chi connectivity index (χ1) is 10.4. The maximum absolute atomic E-state index is 12.6. The molecule has 0 aromatic rings. The molecule has 2 heterocycles. The number of sulfone groups is 1. The summed E-state index contributed by atoms with van der Waals surface area (Å²) in [7, 11) is -3.09. The highest BCUT2D eigenvalue weighted by Crippen LogP contribution is 2.41. The third kappa shape index (κ3) is 3.27. The molecule has 0 radical (unpaired) electrons. The quantitative estimate of drug-likeness (QED) is 0.755. The molecule has 3 fully saturated rings. The molecule has 0 spiro atoms. The minimum absolute atomic E-state index is 0.0179. The molecule has 1 saturated carbocycles. The number of carboxylic acid groups (broad SMARTS) is 1. The molecule has 124 valence electrons. The van der Waals surface area contributed by atoms with Crippen LogP contribution in [-0.2, 0) is 24.2 Å². The molecule has 1 aliphatic carbocycles. The standard InChI is InChI=1S/C14H21NO6S/c16-13(11-6-12(11)14(17)18)15(7-10-2-1-4-21-10)9-3-5-22(19,20)8-9/h9-12H,1-8H2,(H,17,18)/t9-,10+,11-,12+/m0/s1. The second-order valence-electron chi connectivity index (χ2n) is 6.47. The molecule has 3 aliphatic rings. The van der Waals surface area contributed by atoms with Crippen LogP contribution < -0.4 is 0 Å². The van der Waals surface area contributed by atoms with Crippen LogP contribution in [0.3, 0.4) is 0 Å². The largest absolute Gasteiger partial charge is 0.481 e. The summed E-state index contributed by atoms with van der Waals surface area (Å²) in [6, 6.07) is -0.336. The van der Waals surface area contributed by atoms with E-state index in [1.54, 1.807) is 4.90 Å². The first kappa shape index (κ1) is 15.7. The molecule has 0 aromatic carbocycles. The summed E-state index contributed by atoms with van der Waals surface area (Å²) in [5.74, 6) is -2.20. The van der Waals surface area contributed by atoms with Gasteiger partial charge in [-0.2, -0.15) is 0 Å². The molecule has 7 nitrogen and oxygen atoms in total. The minimum Gasteiger partial charge on any atom is -0.481 e. The second kappa shape index (κ2) is 5.81. The van der Waals surface area contributed by atoms with Crippen LogP contribution in [0, 0.1) is 11.8 Å². The molecular formula is C14H21NO6S. The van der Waals surface area contributed by atoms with Crippen molar-refractivity contribution < 1.29 is 27.9 Å². The van der Waals surface area contributed by atoms with Crippen molar-refractivity contribution in [2.45, 2.75) is 37.8 Å². The third-order valence-electron chi connectivity index (χ3n) is 4.78. The Morgan fingerprint density at radius 3 is 2.50 bits per heavy atom. The number of carbonyl (C=O) groups is 2. The maximum Gasteiger partial charge on any atom is 0.307 e. The summed E-state index contributed by atoms with van der Waals surface area (Å²) < 4.78 is 29.0. The van der Waals surface area contributed by atoms with Crippen LogP contribution in [0.15, 0.2) is 0 Å². The Kier molecular flexibility index (Phi) is 4.15. The highest BCUT2D eigenvalue weighted by atomic mass is 32.2. The first-order valence-electron chi connectivity index (χ1n) is 7.73. The van der Waals surface area contributed by atoms with E-state index >= 15 is 0 Å². The molecule has 1 N–H and O–H groups in total. The average molecular weight is 331 g/mol. The highest BCUT2D eigenvalue weighted by molar-refractivity contribution is 7.91. The summed E-state index contributed by atoms with van der Waals surface area (Å²) in [6.45, 7) is 1.04. The van der Waals surface area contributed by atoms with E-state index in [4.69, 9.17) is 9.84 Å². The zero-order valence-corrected chi connectivity index (χ0v) is 13.1. The van der Waals surface area contributed by atoms with Crippen molar-refractivity contribution in [1.82, 2.24) is 4.90 Å². The van der Waals surface area contributed by atoms with Gasteiger partial charge in [0.25, 0.3) is 0 Å². The molecule has 0 unspecified atom stereocenters. The number of aliphatic carboxylic acids is 1. The summed E-state index contributed by atoms with van der Waals surface area (Å²) in [5.41, 5.74) is 0. The Balaban J connectivity index is 1.71. The van der Waals surface area contributed by atoms with E-state index in [0.29, 0.717) is 26.0 Å². The van der Waals surface area contributed by atoms with Gasteiger partial charge in [-0.1, -0.05) is 0 Å². The van der Waals surface area contributed by atoms with E-state index in [9.17, 15) is 18.0 Å². The van der Waals surface area contributed by atoms with Crippen LogP contribution in [0.5, 0.6) is 0 Å². The lowest BCUT2D eigenvalue weighted by molar-refractivity contribution is -0.143. The van der Waals surface area contributed by atoms with E-state index in [1.807, 2.05) is 0 Å². The van der Waals surface area contributed by atoms with Gasteiger partial charge in [-0.05, 0) is 25.7 Å². The summed E-state index contributed by atoms with van der Waals surface area (Å²) in [5, 5.41) is 9.00. The Morgan fingerprint density at radius 2 is 2.00 bits per heavy atom. The van der Waals surface area contributed by atoms with Gasteiger partial charge >= 0.3 is 5.97 Å². The van der Waals surface area contributed by atoms with Gasteiger partial charge < -0.3 is 14.7 Å². The summed E-state index contributed by atoms with van der Waals surface area (Å²) in [6.07, 6.45) is 2.53. The molecule has 4 atom stereocenters. The Morgan fingerprint density at radius 1 is 1.23 bits per heavy atom. The van der Waals surface area contributed by atoms with Crippen LogP contribution in [0.1, 0.15) is 25.7 Å². The molecule has 1 amide bonds. The fourth-order valence-corrected chi connectivity index (χ4v) is 5.13. The van der Waals surface area contributed by atoms with Gasteiger partial charge in [0.05, 0.1) is 29.4 Å². The molecule has 22 heavy (non-hydrogen) atoms. The van der Waals surface area contributed by atoms with E-state index in [2.05, 4.69) is 0 Å². The molecule has 8 heteroatoms. The third-order valence-corrected chi connectivity index (χ3v) is 6.53. The molecule has 3 rings (SSSR count). The number of nitrogens with zero attached hydrogens (tertiary/aromatic N) is 1. The van der Waals surface area contributed by atoms with Crippen molar-refractivity contribution in [1.29, 1.82) is 0 Å². The van der Waals surface area contributed by atoms with Gasteiger partial charge in [-0.15, -0.1) is 0 Å². The summed E-state index contributed by atoms with van der Waals surface area (Å²) >= 11 is 0. The molecule has 2 saturated heterocycles. The smallest absolute Gasteiger partial charge is 0.307 e. The van der Waals surface area contributed by atoms with Crippen LogP contribution in [0.2, 0.25) is 0 Å². The zero-order valence-electron chi connectivity index (χ0n) is 12.3. The number of carboxylic acids is 1. The molecule has 0 bridgehead atoms. The van der Waals surface area contributed by atoms with Crippen molar-refractivity contribution in [3.63, 3.8) is 0 Å².